The summed E-state index contributed by atoms with van der Waals surface area (Å²) in [5, 5.41) is 6.51. The van der Waals surface area contributed by atoms with E-state index in [1.54, 1.807) is 49.5 Å². The van der Waals surface area contributed by atoms with Crippen molar-refractivity contribution in [1.82, 2.24) is 10.6 Å². The molecule has 1 amide bonds. The van der Waals surface area contributed by atoms with Crippen molar-refractivity contribution >= 4 is 45.0 Å². The number of sulfonamides is 1. The molecule has 1 aliphatic heterocycles. The molecule has 0 unspecified atom stereocenters. The van der Waals surface area contributed by atoms with Gasteiger partial charge in [0.1, 0.15) is 28.7 Å². The number of benzene rings is 3. The number of amides is 1. The summed E-state index contributed by atoms with van der Waals surface area (Å²) in [4.78, 5) is 13.1. The van der Waals surface area contributed by atoms with Gasteiger partial charge in [-0.1, -0.05) is 0 Å². The van der Waals surface area contributed by atoms with E-state index in [9.17, 15) is 17.6 Å². The van der Waals surface area contributed by atoms with Crippen molar-refractivity contribution in [3.8, 4) is 22.8 Å². The highest BCUT2D eigenvalue weighted by Gasteiger charge is 2.37. The number of halogens is 2. The van der Waals surface area contributed by atoms with Gasteiger partial charge in [-0.05, 0) is 78.9 Å². The predicted octanol–water partition coefficient (Wildman–Crippen LogP) is 5.43. The SMILES string of the molecule is CNC(=O)c1c(-c2ccc(Oc3ccc(F)cc3)cc2)oc2cc(N(C3CNC3)S(C)(=O)=O)c(C3CC3)cc12.Cl. The minimum Gasteiger partial charge on any atom is -0.457 e. The molecule has 0 spiro atoms. The average molecular weight is 586 g/mol. The number of hydrogen-bond acceptors (Lipinski definition) is 6. The van der Waals surface area contributed by atoms with Crippen molar-refractivity contribution in [2.24, 2.45) is 0 Å². The fourth-order valence-corrected chi connectivity index (χ4v) is 6.22. The molecule has 8 nitrogen and oxygen atoms in total. The summed E-state index contributed by atoms with van der Waals surface area (Å²) >= 11 is 0. The lowest BCUT2D eigenvalue weighted by Crippen LogP contribution is -2.59. The first-order valence-electron chi connectivity index (χ1n) is 12.8. The average Bonchev–Trinajstić information content (AvgIpc) is 3.66. The van der Waals surface area contributed by atoms with E-state index in [0.29, 0.717) is 58.1 Å². The molecule has 1 aliphatic carbocycles. The third-order valence-electron chi connectivity index (χ3n) is 7.16. The standard InChI is InChI=1S/C29H28FN3O5S.ClH/c1-31-29(34)27-24-13-23(17-3-4-17)25(33(39(2,35)36)20-15-32-16-20)14-26(24)38-28(27)18-5-9-21(10-6-18)37-22-11-7-19(30)8-12-22;/h5-14,17,20,32H,3-4,15-16H2,1-2H3,(H,31,34);1H. The number of hydrogen-bond donors (Lipinski definition) is 2. The number of rotatable bonds is 8. The Morgan fingerprint density at radius 2 is 1.68 bits per heavy atom. The van der Waals surface area contributed by atoms with Crippen LogP contribution in [0.2, 0.25) is 0 Å². The quantitative estimate of drug-likeness (QED) is 0.286. The Kier molecular flexibility index (Phi) is 7.52. The highest BCUT2D eigenvalue weighted by atomic mass is 35.5. The summed E-state index contributed by atoms with van der Waals surface area (Å²) in [5.74, 6) is 1.01. The van der Waals surface area contributed by atoms with Crippen LogP contribution in [0.3, 0.4) is 0 Å². The zero-order chi connectivity index (χ0) is 27.3. The summed E-state index contributed by atoms with van der Waals surface area (Å²) < 4.78 is 52.6. The maximum Gasteiger partial charge on any atom is 0.255 e. The molecule has 0 atom stereocenters. The van der Waals surface area contributed by atoms with Crippen molar-refractivity contribution in [1.29, 1.82) is 0 Å². The number of anilines is 1. The zero-order valence-electron chi connectivity index (χ0n) is 21.9. The molecule has 1 aromatic heterocycles. The van der Waals surface area contributed by atoms with Crippen LogP contribution in [0, 0.1) is 5.82 Å². The second-order valence-electron chi connectivity index (χ2n) is 10.0. The Morgan fingerprint density at radius 3 is 2.20 bits per heavy atom. The maximum atomic E-state index is 13.2. The van der Waals surface area contributed by atoms with Gasteiger partial charge in [0.25, 0.3) is 5.91 Å². The fourth-order valence-electron chi connectivity index (χ4n) is 5.01. The van der Waals surface area contributed by atoms with E-state index in [1.807, 2.05) is 6.07 Å². The molecule has 210 valence electrons. The zero-order valence-corrected chi connectivity index (χ0v) is 23.6. The third kappa shape index (κ3) is 5.26. The number of nitrogens with one attached hydrogen (secondary N) is 2. The number of carbonyl (C=O) groups is 1. The Balaban J connectivity index is 0.00000323. The molecule has 4 aromatic rings. The van der Waals surface area contributed by atoms with Crippen LogP contribution in [-0.2, 0) is 10.0 Å². The van der Waals surface area contributed by atoms with Gasteiger partial charge in [-0.25, -0.2) is 12.8 Å². The van der Waals surface area contributed by atoms with Gasteiger partial charge in [0, 0.05) is 37.2 Å². The number of ether oxygens (including phenoxy) is 1. The van der Waals surface area contributed by atoms with Gasteiger partial charge >= 0.3 is 0 Å². The molecular weight excluding hydrogens is 557 g/mol. The molecule has 1 saturated heterocycles. The van der Waals surface area contributed by atoms with Gasteiger partial charge in [-0.2, -0.15) is 0 Å². The Hall–Kier alpha value is -3.60. The van der Waals surface area contributed by atoms with Gasteiger partial charge in [-0.15, -0.1) is 12.4 Å². The number of fused-ring (bicyclic) bond motifs is 1. The van der Waals surface area contributed by atoms with Crippen LogP contribution in [0.25, 0.3) is 22.3 Å². The molecule has 11 heteroatoms. The molecule has 0 radical (unpaired) electrons. The van der Waals surface area contributed by atoms with E-state index < -0.39 is 10.0 Å². The molecule has 2 N–H and O–H groups in total. The minimum absolute atomic E-state index is 0. The number of carbonyl (C=O) groups excluding carboxylic acids is 1. The number of furan rings is 1. The van der Waals surface area contributed by atoms with Crippen LogP contribution in [0.15, 0.2) is 65.1 Å². The highest BCUT2D eigenvalue weighted by molar-refractivity contribution is 7.92. The molecule has 0 bridgehead atoms. The second kappa shape index (κ2) is 10.8. The molecule has 2 heterocycles. The largest absolute Gasteiger partial charge is 0.457 e. The van der Waals surface area contributed by atoms with Crippen molar-refractivity contribution in [3.63, 3.8) is 0 Å². The first kappa shape index (κ1) is 27.9. The van der Waals surface area contributed by atoms with Gasteiger partial charge in [-0.3, -0.25) is 9.10 Å². The van der Waals surface area contributed by atoms with E-state index >= 15 is 0 Å². The number of nitrogens with zero attached hydrogens (tertiary/aromatic N) is 1. The van der Waals surface area contributed by atoms with E-state index in [-0.39, 0.29) is 36.1 Å². The summed E-state index contributed by atoms with van der Waals surface area (Å²) in [5.41, 5.74) is 3.03. The van der Waals surface area contributed by atoms with Gasteiger partial charge in [0.05, 0.1) is 23.5 Å². The predicted molar refractivity (Wildman–Crippen MR) is 155 cm³/mol. The lowest BCUT2D eigenvalue weighted by molar-refractivity contribution is 0.0964. The van der Waals surface area contributed by atoms with E-state index in [1.165, 1.54) is 22.7 Å². The molecule has 6 rings (SSSR count). The van der Waals surface area contributed by atoms with E-state index in [2.05, 4.69) is 10.6 Å². The summed E-state index contributed by atoms with van der Waals surface area (Å²) in [6, 6.07) is 16.3. The smallest absolute Gasteiger partial charge is 0.255 e. The van der Waals surface area contributed by atoms with Crippen molar-refractivity contribution < 1.29 is 26.8 Å². The lowest BCUT2D eigenvalue weighted by atomic mass is 9.99. The monoisotopic (exact) mass is 585 g/mol. The van der Waals surface area contributed by atoms with Crippen molar-refractivity contribution in [3.05, 3.63) is 77.6 Å². The summed E-state index contributed by atoms with van der Waals surface area (Å²) in [7, 11) is -1.98. The Labute approximate surface area is 238 Å². The normalized spacial score (nSPS) is 15.3. The first-order chi connectivity index (χ1) is 18.7. The minimum atomic E-state index is -3.55. The Morgan fingerprint density at radius 1 is 1.05 bits per heavy atom. The van der Waals surface area contributed by atoms with E-state index in [0.717, 1.165) is 18.4 Å². The second-order valence-corrected chi connectivity index (χ2v) is 11.9. The van der Waals surface area contributed by atoms with E-state index in [4.69, 9.17) is 9.15 Å². The van der Waals surface area contributed by atoms with Crippen LogP contribution in [0.5, 0.6) is 11.5 Å². The molecule has 3 aromatic carbocycles. The van der Waals surface area contributed by atoms with Crippen LogP contribution >= 0.6 is 12.4 Å². The van der Waals surface area contributed by atoms with Gasteiger partial charge in [0.2, 0.25) is 10.0 Å². The molecule has 2 fully saturated rings. The van der Waals surface area contributed by atoms with Crippen molar-refractivity contribution in [2.45, 2.75) is 24.8 Å². The highest BCUT2D eigenvalue weighted by Crippen LogP contribution is 2.48. The third-order valence-corrected chi connectivity index (χ3v) is 8.37. The molecular formula is C29H29ClFN3O5S. The van der Waals surface area contributed by atoms with Gasteiger partial charge in [0.15, 0.2) is 0 Å². The summed E-state index contributed by atoms with van der Waals surface area (Å²) in [6.45, 7) is 1.16. The van der Waals surface area contributed by atoms with Gasteiger partial charge < -0.3 is 19.8 Å². The summed E-state index contributed by atoms with van der Waals surface area (Å²) in [6.07, 6.45) is 3.16. The molecule has 1 saturated carbocycles. The topological polar surface area (TPSA) is 101 Å². The van der Waals surface area contributed by atoms with Crippen LogP contribution in [-0.4, -0.2) is 46.8 Å². The van der Waals surface area contributed by atoms with Crippen LogP contribution in [0.1, 0.15) is 34.7 Å². The lowest BCUT2D eigenvalue weighted by Gasteiger charge is -2.38. The van der Waals surface area contributed by atoms with Crippen molar-refractivity contribution in [2.75, 3.05) is 30.7 Å². The Bertz CT molecular complexity index is 1660. The maximum absolute atomic E-state index is 13.2. The fraction of sp³-hybridized carbons (Fsp3) is 0.276. The molecule has 40 heavy (non-hydrogen) atoms. The first-order valence-corrected chi connectivity index (χ1v) is 14.6. The molecule has 2 aliphatic rings. The van der Waals surface area contributed by atoms with Crippen LogP contribution < -0.4 is 19.7 Å². The van der Waals surface area contributed by atoms with Crippen LogP contribution in [0.4, 0.5) is 10.1 Å².